The van der Waals surface area contributed by atoms with Gasteiger partial charge in [0, 0.05) is 6.04 Å². The van der Waals surface area contributed by atoms with Crippen LogP contribution in [0.5, 0.6) is 5.75 Å². The summed E-state index contributed by atoms with van der Waals surface area (Å²) in [5.41, 5.74) is 10.5. The molecule has 2 aromatic rings. The molecule has 0 bridgehead atoms. The van der Waals surface area contributed by atoms with E-state index in [1.807, 2.05) is 12.1 Å². The Morgan fingerprint density at radius 2 is 1.84 bits per heavy atom. The first-order valence-corrected chi connectivity index (χ1v) is 6.85. The van der Waals surface area contributed by atoms with Gasteiger partial charge in [-0.1, -0.05) is 36.4 Å². The Labute approximate surface area is 113 Å². The Balaban J connectivity index is 1.75. The summed E-state index contributed by atoms with van der Waals surface area (Å²) in [5.74, 6) is 0.772. The first-order chi connectivity index (χ1) is 9.24. The van der Waals surface area contributed by atoms with Gasteiger partial charge < -0.3 is 10.8 Å². The summed E-state index contributed by atoms with van der Waals surface area (Å²) in [6, 6.07) is 16.1. The molecule has 0 amide bonds. The van der Waals surface area contributed by atoms with Gasteiger partial charge in [0.15, 0.2) is 0 Å². The Kier molecular flexibility index (Phi) is 3.26. The molecule has 0 aliphatic heterocycles. The van der Waals surface area contributed by atoms with Crippen molar-refractivity contribution in [1.29, 1.82) is 0 Å². The third-order valence-electron chi connectivity index (χ3n) is 4.10. The van der Waals surface area contributed by atoms with Crippen LogP contribution in [0.4, 0.5) is 0 Å². The van der Waals surface area contributed by atoms with Crippen molar-refractivity contribution < 1.29 is 5.11 Å². The second kappa shape index (κ2) is 5.06. The normalized spacial score (nSPS) is 19.1. The maximum atomic E-state index is 9.30. The first kappa shape index (κ1) is 12.2. The number of hydrogen-bond acceptors (Lipinski definition) is 2. The zero-order valence-corrected chi connectivity index (χ0v) is 10.9. The summed E-state index contributed by atoms with van der Waals surface area (Å²) in [5, 5.41) is 9.30. The van der Waals surface area contributed by atoms with Gasteiger partial charge in [0.2, 0.25) is 0 Å². The van der Waals surface area contributed by atoms with Crippen molar-refractivity contribution >= 4 is 0 Å². The molecule has 0 aromatic heterocycles. The third-order valence-corrected chi connectivity index (χ3v) is 4.10. The Morgan fingerprint density at radius 3 is 2.63 bits per heavy atom. The maximum absolute atomic E-state index is 9.30. The molecule has 0 fully saturated rings. The quantitative estimate of drug-likeness (QED) is 0.883. The van der Waals surface area contributed by atoms with Crippen LogP contribution in [0.3, 0.4) is 0 Å². The SMILES string of the molecule is NC(Cc1ccc(O)cc1)C1CCc2ccccc21. The van der Waals surface area contributed by atoms with E-state index in [-0.39, 0.29) is 6.04 Å². The van der Waals surface area contributed by atoms with Crippen molar-refractivity contribution in [3.8, 4) is 5.75 Å². The number of phenols is 1. The minimum absolute atomic E-state index is 0.146. The van der Waals surface area contributed by atoms with Gasteiger partial charge in [-0.05, 0) is 54.0 Å². The fraction of sp³-hybridized carbons (Fsp3) is 0.294. The van der Waals surface area contributed by atoms with E-state index in [9.17, 15) is 5.11 Å². The van der Waals surface area contributed by atoms with Crippen LogP contribution in [-0.2, 0) is 12.8 Å². The van der Waals surface area contributed by atoms with Gasteiger partial charge in [0.1, 0.15) is 5.75 Å². The lowest BCUT2D eigenvalue weighted by Crippen LogP contribution is -2.29. The van der Waals surface area contributed by atoms with Crippen molar-refractivity contribution in [3.05, 3.63) is 65.2 Å². The fourth-order valence-corrected chi connectivity index (χ4v) is 3.08. The van der Waals surface area contributed by atoms with E-state index in [0.29, 0.717) is 11.7 Å². The summed E-state index contributed by atoms with van der Waals surface area (Å²) in [4.78, 5) is 0. The average molecular weight is 253 g/mol. The van der Waals surface area contributed by atoms with E-state index in [4.69, 9.17) is 5.73 Å². The molecule has 2 unspecified atom stereocenters. The van der Waals surface area contributed by atoms with Crippen molar-refractivity contribution in [2.45, 2.75) is 31.2 Å². The highest BCUT2D eigenvalue weighted by Gasteiger charge is 2.27. The Bertz CT molecular complexity index is 562. The van der Waals surface area contributed by atoms with Crippen molar-refractivity contribution in [3.63, 3.8) is 0 Å². The van der Waals surface area contributed by atoms with E-state index in [1.165, 1.54) is 16.7 Å². The van der Waals surface area contributed by atoms with Crippen molar-refractivity contribution in [1.82, 2.24) is 0 Å². The lowest BCUT2D eigenvalue weighted by Gasteiger charge is -2.20. The highest BCUT2D eigenvalue weighted by Crippen LogP contribution is 2.35. The predicted molar refractivity (Wildman–Crippen MR) is 77.3 cm³/mol. The third kappa shape index (κ3) is 2.49. The Morgan fingerprint density at radius 1 is 1.11 bits per heavy atom. The minimum Gasteiger partial charge on any atom is -0.508 e. The van der Waals surface area contributed by atoms with Gasteiger partial charge in [0.25, 0.3) is 0 Å². The highest BCUT2D eigenvalue weighted by atomic mass is 16.3. The molecule has 0 radical (unpaired) electrons. The zero-order valence-electron chi connectivity index (χ0n) is 10.9. The number of phenolic OH excluding ortho intramolecular Hbond substituents is 1. The molecule has 0 spiro atoms. The second-order valence-electron chi connectivity index (χ2n) is 5.38. The first-order valence-electron chi connectivity index (χ1n) is 6.85. The van der Waals surface area contributed by atoms with Crippen LogP contribution in [0, 0.1) is 0 Å². The summed E-state index contributed by atoms with van der Waals surface area (Å²) < 4.78 is 0. The summed E-state index contributed by atoms with van der Waals surface area (Å²) in [6.45, 7) is 0. The van der Waals surface area contributed by atoms with E-state index < -0.39 is 0 Å². The van der Waals surface area contributed by atoms with Crippen LogP contribution in [0.2, 0.25) is 0 Å². The molecule has 2 heteroatoms. The standard InChI is InChI=1S/C17H19NO/c18-17(11-12-5-8-14(19)9-6-12)16-10-7-13-3-1-2-4-15(13)16/h1-6,8-9,16-17,19H,7,10-11,18H2. The largest absolute Gasteiger partial charge is 0.508 e. The molecule has 3 rings (SSSR count). The molecule has 0 saturated heterocycles. The summed E-state index contributed by atoms with van der Waals surface area (Å²) >= 11 is 0. The van der Waals surface area contributed by atoms with Crippen molar-refractivity contribution in [2.24, 2.45) is 5.73 Å². The topological polar surface area (TPSA) is 46.2 Å². The van der Waals surface area contributed by atoms with Crippen LogP contribution in [-0.4, -0.2) is 11.1 Å². The molecule has 1 aliphatic rings. The van der Waals surface area contributed by atoms with Crippen LogP contribution in [0.1, 0.15) is 29.0 Å². The van der Waals surface area contributed by atoms with Gasteiger partial charge in [-0.25, -0.2) is 0 Å². The monoisotopic (exact) mass is 253 g/mol. The Hall–Kier alpha value is -1.80. The number of rotatable bonds is 3. The number of fused-ring (bicyclic) bond motifs is 1. The molecule has 1 aliphatic carbocycles. The number of aromatic hydroxyl groups is 1. The summed E-state index contributed by atoms with van der Waals surface area (Å²) in [7, 11) is 0. The van der Waals surface area contributed by atoms with Gasteiger partial charge in [-0.15, -0.1) is 0 Å². The molecule has 2 aromatic carbocycles. The van der Waals surface area contributed by atoms with Crippen LogP contribution >= 0.6 is 0 Å². The molecule has 0 saturated carbocycles. The van der Waals surface area contributed by atoms with Gasteiger partial charge in [0.05, 0.1) is 0 Å². The van der Waals surface area contributed by atoms with Gasteiger partial charge >= 0.3 is 0 Å². The number of aryl methyl sites for hydroxylation is 1. The zero-order chi connectivity index (χ0) is 13.2. The van der Waals surface area contributed by atoms with E-state index in [2.05, 4.69) is 24.3 Å². The van der Waals surface area contributed by atoms with Crippen molar-refractivity contribution in [2.75, 3.05) is 0 Å². The number of nitrogens with two attached hydrogens (primary N) is 1. The highest BCUT2D eigenvalue weighted by molar-refractivity contribution is 5.36. The molecule has 0 heterocycles. The predicted octanol–water partition coefficient (Wildman–Crippen LogP) is 2.99. The number of benzene rings is 2. The fourth-order valence-electron chi connectivity index (χ4n) is 3.08. The van der Waals surface area contributed by atoms with E-state index >= 15 is 0 Å². The molecule has 2 nitrogen and oxygen atoms in total. The van der Waals surface area contributed by atoms with Crippen LogP contribution < -0.4 is 5.73 Å². The molecular weight excluding hydrogens is 234 g/mol. The molecular formula is C17H19NO. The molecule has 19 heavy (non-hydrogen) atoms. The molecule has 98 valence electrons. The lowest BCUT2D eigenvalue weighted by atomic mass is 9.89. The van der Waals surface area contributed by atoms with E-state index in [1.54, 1.807) is 12.1 Å². The van der Waals surface area contributed by atoms with Crippen LogP contribution in [0.25, 0.3) is 0 Å². The van der Waals surface area contributed by atoms with Crippen LogP contribution in [0.15, 0.2) is 48.5 Å². The maximum Gasteiger partial charge on any atom is 0.115 e. The molecule has 2 atom stereocenters. The summed E-state index contributed by atoms with van der Waals surface area (Å²) in [6.07, 6.45) is 3.15. The average Bonchev–Trinajstić information content (AvgIpc) is 2.85. The van der Waals surface area contributed by atoms with E-state index in [0.717, 1.165) is 19.3 Å². The number of hydrogen-bond donors (Lipinski definition) is 2. The van der Waals surface area contributed by atoms with Gasteiger partial charge in [-0.3, -0.25) is 0 Å². The molecule has 3 N–H and O–H groups in total. The smallest absolute Gasteiger partial charge is 0.115 e. The van der Waals surface area contributed by atoms with Gasteiger partial charge in [-0.2, -0.15) is 0 Å². The minimum atomic E-state index is 0.146. The lowest BCUT2D eigenvalue weighted by molar-refractivity contribution is 0.474. The second-order valence-corrected chi connectivity index (χ2v) is 5.38.